The molecule has 22 heavy (non-hydrogen) atoms. The Bertz CT molecular complexity index is 641. The Morgan fingerprint density at radius 1 is 1.23 bits per heavy atom. The summed E-state index contributed by atoms with van der Waals surface area (Å²) >= 11 is 0. The Balaban J connectivity index is 1.82. The molecule has 0 spiro atoms. The Kier molecular flexibility index (Phi) is 4.40. The molecule has 0 bridgehead atoms. The van der Waals surface area contributed by atoms with E-state index in [0.29, 0.717) is 12.0 Å². The number of nitrogens with one attached hydrogen (secondary N) is 1. The number of alkyl halides is 3. The van der Waals surface area contributed by atoms with E-state index in [4.69, 9.17) is 5.11 Å². The predicted octanol–water partition coefficient (Wildman–Crippen LogP) is 1.89. The van der Waals surface area contributed by atoms with E-state index in [-0.39, 0.29) is 12.5 Å². The van der Waals surface area contributed by atoms with Gasteiger partial charge < -0.3 is 10.4 Å². The van der Waals surface area contributed by atoms with Gasteiger partial charge in [-0.15, -0.1) is 0 Å². The van der Waals surface area contributed by atoms with Gasteiger partial charge in [-0.3, -0.25) is 9.59 Å². The number of rotatable bonds is 3. The van der Waals surface area contributed by atoms with Gasteiger partial charge in [-0.2, -0.15) is 13.2 Å². The summed E-state index contributed by atoms with van der Waals surface area (Å²) in [6.07, 6.45) is -4.06. The molecule has 2 N–H and O–H groups in total. The number of carboxylic acid groups (broad SMARTS) is 1. The van der Waals surface area contributed by atoms with Gasteiger partial charge in [0.2, 0.25) is 5.91 Å². The van der Waals surface area contributed by atoms with Crippen LogP contribution in [0.15, 0.2) is 24.3 Å². The summed E-state index contributed by atoms with van der Waals surface area (Å²) in [6, 6.07) is 4.37. The maximum Gasteiger partial charge on any atom is 0.416 e. The molecule has 0 aliphatic heterocycles. The molecule has 0 radical (unpaired) electrons. The second kappa shape index (κ2) is 6.10. The molecule has 1 saturated carbocycles. The second-order valence-corrected chi connectivity index (χ2v) is 4.88. The number of benzene rings is 1. The fraction of sp³-hybridized carbons (Fsp3) is 0.333. The molecule has 116 valence electrons. The van der Waals surface area contributed by atoms with E-state index < -0.39 is 29.5 Å². The molecule has 0 heterocycles. The van der Waals surface area contributed by atoms with E-state index >= 15 is 0 Å². The number of carboxylic acids is 1. The van der Waals surface area contributed by atoms with E-state index in [2.05, 4.69) is 17.2 Å². The number of carbonyl (C=O) groups is 2. The predicted molar refractivity (Wildman–Crippen MR) is 70.6 cm³/mol. The monoisotopic (exact) mass is 311 g/mol. The molecule has 1 aliphatic carbocycles. The lowest BCUT2D eigenvalue weighted by atomic mass is 10.1. The molecule has 2 rings (SSSR count). The van der Waals surface area contributed by atoms with Crippen molar-refractivity contribution in [2.24, 2.45) is 11.8 Å². The highest BCUT2D eigenvalue weighted by molar-refractivity contribution is 5.89. The molecule has 7 heteroatoms. The van der Waals surface area contributed by atoms with E-state index in [9.17, 15) is 22.8 Å². The third kappa shape index (κ3) is 4.01. The molecule has 1 aromatic carbocycles. The first-order valence-corrected chi connectivity index (χ1v) is 6.45. The highest BCUT2D eigenvalue weighted by atomic mass is 19.4. The van der Waals surface area contributed by atoms with Crippen LogP contribution in [-0.4, -0.2) is 23.5 Å². The minimum absolute atomic E-state index is 0.0166. The zero-order chi connectivity index (χ0) is 16.3. The van der Waals surface area contributed by atoms with Crippen LogP contribution in [0.1, 0.15) is 17.5 Å². The lowest BCUT2D eigenvalue weighted by Gasteiger charge is -2.05. The van der Waals surface area contributed by atoms with Gasteiger partial charge in [0.1, 0.15) is 0 Å². The molecular weight excluding hydrogens is 299 g/mol. The fourth-order valence-corrected chi connectivity index (χ4v) is 1.91. The van der Waals surface area contributed by atoms with Gasteiger partial charge in [0, 0.05) is 5.56 Å². The number of aliphatic carboxylic acids is 1. The molecule has 1 aliphatic rings. The second-order valence-electron chi connectivity index (χ2n) is 4.88. The van der Waals surface area contributed by atoms with Crippen LogP contribution in [0.25, 0.3) is 0 Å². The lowest BCUT2D eigenvalue weighted by molar-refractivity contribution is -0.140. The Morgan fingerprint density at radius 3 is 2.36 bits per heavy atom. The zero-order valence-corrected chi connectivity index (χ0v) is 11.3. The Morgan fingerprint density at radius 2 is 1.86 bits per heavy atom. The molecule has 1 fully saturated rings. The van der Waals surface area contributed by atoms with Crippen molar-refractivity contribution in [1.82, 2.24) is 5.32 Å². The molecular formula is C15H12F3NO3. The van der Waals surface area contributed by atoms with Crippen LogP contribution < -0.4 is 5.32 Å². The third-order valence-electron chi connectivity index (χ3n) is 3.24. The van der Waals surface area contributed by atoms with E-state index in [1.807, 2.05) is 0 Å². The fourth-order valence-electron chi connectivity index (χ4n) is 1.91. The van der Waals surface area contributed by atoms with Crippen LogP contribution >= 0.6 is 0 Å². The first kappa shape index (κ1) is 15.9. The van der Waals surface area contributed by atoms with Gasteiger partial charge in [-0.1, -0.05) is 11.8 Å². The molecule has 1 aromatic rings. The summed E-state index contributed by atoms with van der Waals surface area (Å²) in [5.41, 5.74) is -0.350. The largest absolute Gasteiger partial charge is 0.481 e. The third-order valence-corrected chi connectivity index (χ3v) is 3.24. The highest BCUT2D eigenvalue weighted by Gasteiger charge is 2.48. The summed E-state index contributed by atoms with van der Waals surface area (Å²) in [5.74, 6) is 2.74. The summed E-state index contributed by atoms with van der Waals surface area (Å²) in [5, 5.41) is 11.2. The van der Waals surface area contributed by atoms with Gasteiger partial charge >= 0.3 is 12.1 Å². The van der Waals surface area contributed by atoms with Crippen molar-refractivity contribution in [3.63, 3.8) is 0 Å². The number of hydrogen-bond donors (Lipinski definition) is 2. The smallest absolute Gasteiger partial charge is 0.416 e. The maximum atomic E-state index is 12.4. The minimum atomic E-state index is -4.38. The average Bonchev–Trinajstić information content (AvgIpc) is 3.23. The van der Waals surface area contributed by atoms with Crippen molar-refractivity contribution < 1.29 is 27.9 Å². The summed E-state index contributed by atoms with van der Waals surface area (Å²) in [6.45, 7) is 0.0166. The normalized spacial score (nSPS) is 19.8. The molecule has 0 saturated heterocycles. The van der Waals surface area contributed by atoms with Gasteiger partial charge in [0.25, 0.3) is 0 Å². The Labute approximate surface area is 124 Å². The van der Waals surface area contributed by atoms with Gasteiger partial charge in [0.05, 0.1) is 23.9 Å². The molecule has 1 amide bonds. The number of halogens is 3. The standard InChI is InChI=1S/C15H12F3NO3/c16-15(17,18)10-5-3-9(4-6-10)2-1-7-19-13(20)11-8-12(11)14(21)22/h3-6,11-12H,7-8H2,(H,19,20)(H,21,22)/t11-,12-/m0/s1. The van der Waals surface area contributed by atoms with Gasteiger partial charge in [0.15, 0.2) is 0 Å². The van der Waals surface area contributed by atoms with Crippen LogP contribution in [-0.2, 0) is 15.8 Å². The van der Waals surface area contributed by atoms with Gasteiger partial charge in [-0.25, -0.2) is 0 Å². The minimum Gasteiger partial charge on any atom is -0.481 e. The van der Waals surface area contributed by atoms with Crippen LogP contribution in [0.5, 0.6) is 0 Å². The summed E-state index contributed by atoms with van der Waals surface area (Å²) < 4.78 is 37.1. The molecule has 2 atom stereocenters. The average molecular weight is 311 g/mol. The lowest BCUT2D eigenvalue weighted by Crippen LogP contribution is -2.26. The first-order valence-electron chi connectivity index (χ1n) is 6.45. The molecule has 0 aromatic heterocycles. The zero-order valence-electron chi connectivity index (χ0n) is 11.3. The van der Waals surface area contributed by atoms with Crippen molar-refractivity contribution in [3.05, 3.63) is 35.4 Å². The van der Waals surface area contributed by atoms with Crippen molar-refractivity contribution in [1.29, 1.82) is 0 Å². The van der Waals surface area contributed by atoms with Crippen LogP contribution in [0.3, 0.4) is 0 Å². The quantitative estimate of drug-likeness (QED) is 0.838. The topological polar surface area (TPSA) is 66.4 Å². The SMILES string of the molecule is O=C(O)[C@H]1C[C@@H]1C(=O)NCC#Cc1ccc(C(F)(F)F)cc1. The number of carbonyl (C=O) groups excluding carboxylic acids is 1. The van der Waals surface area contributed by atoms with Crippen LogP contribution in [0.4, 0.5) is 13.2 Å². The van der Waals surface area contributed by atoms with Crippen molar-refractivity contribution in [3.8, 4) is 11.8 Å². The van der Waals surface area contributed by atoms with Crippen molar-refractivity contribution in [2.45, 2.75) is 12.6 Å². The van der Waals surface area contributed by atoms with Gasteiger partial charge in [-0.05, 0) is 30.7 Å². The van der Waals surface area contributed by atoms with Crippen molar-refractivity contribution >= 4 is 11.9 Å². The molecule has 0 unspecified atom stereocenters. The number of amides is 1. The summed E-state index contributed by atoms with van der Waals surface area (Å²) in [7, 11) is 0. The highest BCUT2D eigenvalue weighted by Crippen LogP contribution is 2.38. The summed E-state index contributed by atoms with van der Waals surface area (Å²) in [4.78, 5) is 22.1. The first-order chi connectivity index (χ1) is 10.3. The molecule has 4 nitrogen and oxygen atoms in total. The van der Waals surface area contributed by atoms with E-state index in [1.54, 1.807) is 0 Å². The van der Waals surface area contributed by atoms with Crippen molar-refractivity contribution in [2.75, 3.05) is 6.54 Å². The van der Waals surface area contributed by atoms with E-state index in [0.717, 1.165) is 12.1 Å². The number of hydrogen-bond acceptors (Lipinski definition) is 2. The van der Waals surface area contributed by atoms with Crippen LogP contribution in [0.2, 0.25) is 0 Å². The van der Waals surface area contributed by atoms with E-state index in [1.165, 1.54) is 12.1 Å². The van der Waals surface area contributed by atoms with Crippen LogP contribution in [0, 0.1) is 23.7 Å². The maximum absolute atomic E-state index is 12.4. The Hall–Kier alpha value is -2.49.